The quantitative estimate of drug-likeness (QED) is 0.170. The molecule has 2 aromatic heterocycles. The number of thiophene rings is 1. The minimum absolute atomic E-state index is 0.870. The van der Waals surface area contributed by atoms with Gasteiger partial charge in [0.1, 0.15) is 11.2 Å². The van der Waals surface area contributed by atoms with Crippen LogP contribution < -0.4 is 4.90 Å². The van der Waals surface area contributed by atoms with Gasteiger partial charge in [0.05, 0.1) is 11.1 Å². The van der Waals surface area contributed by atoms with E-state index in [9.17, 15) is 0 Å². The molecular formula is C52H33NOS. The van der Waals surface area contributed by atoms with E-state index in [1.165, 1.54) is 58.9 Å². The van der Waals surface area contributed by atoms with Crippen molar-refractivity contribution in [2.24, 2.45) is 0 Å². The van der Waals surface area contributed by atoms with Crippen LogP contribution in [0.3, 0.4) is 0 Å². The van der Waals surface area contributed by atoms with E-state index < -0.39 is 0 Å². The number of hydrogen-bond donors (Lipinski definition) is 0. The summed E-state index contributed by atoms with van der Waals surface area (Å²) >= 11 is 1.86. The van der Waals surface area contributed by atoms with Crippen molar-refractivity contribution in [1.82, 2.24) is 0 Å². The first-order chi connectivity index (χ1) is 27.3. The minimum atomic E-state index is 0.870. The molecule has 0 spiro atoms. The summed E-state index contributed by atoms with van der Waals surface area (Å²) in [5, 5.41) is 7.10. The van der Waals surface area contributed by atoms with Gasteiger partial charge in [0.2, 0.25) is 0 Å². The fourth-order valence-corrected chi connectivity index (χ4v) is 9.40. The van der Waals surface area contributed by atoms with Gasteiger partial charge in [-0.1, -0.05) is 146 Å². The molecular weight excluding hydrogens is 687 g/mol. The molecule has 3 heteroatoms. The van der Waals surface area contributed by atoms with Gasteiger partial charge in [-0.2, -0.15) is 0 Å². The Hall–Kier alpha value is -6.94. The fraction of sp³-hybridized carbons (Fsp3) is 0. The molecule has 11 rings (SSSR count). The van der Waals surface area contributed by atoms with Crippen molar-refractivity contribution in [3.05, 3.63) is 200 Å². The summed E-state index contributed by atoms with van der Waals surface area (Å²) in [5.74, 6) is 0. The first kappa shape index (κ1) is 31.6. The Labute approximate surface area is 322 Å². The van der Waals surface area contributed by atoms with E-state index in [1.54, 1.807) is 0 Å². The van der Waals surface area contributed by atoms with Gasteiger partial charge in [0.25, 0.3) is 0 Å². The Balaban J connectivity index is 1.09. The van der Waals surface area contributed by atoms with Gasteiger partial charge in [-0.05, 0) is 93.4 Å². The summed E-state index contributed by atoms with van der Waals surface area (Å²) in [7, 11) is 0. The molecule has 0 saturated heterocycles. The summed E-state index contributed by atoms with van der Waals surface area (Å²) in [6, 6.07) is 72.1. The molecule has 0 amide bonds. The van der Waals surface area contributed by atoms with Crippen LogP contribution in [0.1, 0.15) is 0 Å². The van der Waals surface area contributed by atoms with E-state index in [1.807, 2.05) is 11.3 Å². The number of nitrogens with zero attached hydrogens (tertiary/aromatic N) is 1. The maximum absolute atomic E-state index is 6.69. The zero-order valence-electron chi connectivity index (χ0n) is 29.8. The van der Waals surface area contributed by atoms with Gasteiger partial charge in [0, 0.05) is 42.3 Å². The SMILES string of the molecule is c1ccc(-c2ccc(-c3ccc(N(c4cccc(-c5cccc6sc7ccccc7c56)c4)c4cccc5oc6c7ccccc7ccc6c45)cc3)cc2)cc1. The lowest BCUT2D eigenvalue weighted by molar-refractivity contribution is 0.672. The Morgan fingerprint density at radius 3 is 1.84 bits per heavy atom. The predicted octanol–water partition coefficient (Wildman–Crippen LogP) is 15.6. The summed E-state index contributed by atoms with van der Waals surface area (Å²) in [6.07, 6.45) is 0. The molecule has 0 saturated carbocycles. The average Bonchev–Trinajstić information content (AvgIpc) is 3.84. The molecule has 0 fully saturated rings. The molecule has 0 aliphatic carbocycles. The highest BCUT2D eigenvalue weighted by atomic mass is 32.1. The number of benzene rings is 9. The van der Waals surface area contributed by atoms with E-state index in [4.69, 9.17) is 4.42 Å². The van der Waals surface area contributed by atoms with Crippen molar-refractivity contribution in [3.8, 4) is 33.4 Å². The molecule has 9 aromatic carbocycles. The third-order valence-corrected chi connectivity index (χ3v) is 12.0. The van der Waals surface area contributed by atoms with Gasteiger partial charge >= 0.3 is 0 Å². The van der Waals surface area contributed by atoms with Crippen LogP contribution >= 0.6 is 11.3 Å². The van der Waals surface area contributed by atoms with E-state index in [2.05, 4.69) is 205 Å². The number of anilines is 3. The second kappa shape index (κ2) is 12.9. The third kappa shape index (κ3) is 5.32. The maximum Gasteiger partial charge on any atom is 0.143 e. The molecule has 0 unspecified atom stereocenters. The second-order valence-electron chi connectivity index (χ2n) is 14.1. The van der Waals surface area contributed by atoms with Crippen LogP contribution in [-0.4, -0.2) is 0 Å². The second-order valence-corrected chi connectivity index (χ2v) is 15.2. The van der Waals surface area contributed by atoms with Gasteiger partial charge in [-0.15, -0.1) is 11.3 Å². The lowest BCUT2D eigenvalue weighted by Gasteiger charge is -2.27. The highest BCUT2D eigenvalue weighted by molar-refractivity contribution is 7.25. The Bertz CT molecular complexity index is 3190. The number of furan rings is 1. The molecule has 0 atom stereocenters. The standard InChI is InChI=1S/C52H33NOS/c1-2-11-34(12-3-1)35-23-25-36(26-24-35)37-27-30-40(31-28-37)53(46-19-10-20-47-51(46)45-32-29-38-13-4-5-16-43(38)52(45)54-47)41-15-8-14-39(33-41)42-18-9-22-49-50(42)44-17-6-7-21-48(44)55-49/h1-33H. The normalized spacial score (nSPS) is 11.6. The van der Waals surface area contributed by atoms with Crippen molar-refractivity contribution in [1.29, 1.82) is 0 Å². The lowest BCUT2D eigenvalue weighted by atomic mass is 9.98. The molecule has 0 N–H and O–H groups in total. The molecule has 0 aliphatic rings. The average molecular weight is 720 g/mol. The van der Waals surface area contributed by atoms with Crippen molar-refractivity contribution in [3.63, 3.8) is 0 Å². The van der Waals surface area contributed by atoms with Crippen LogP contribution in [0.2, 0.25) is 0 Å². The summed E-state index contributed by atoms with van der Waals surface area (Å²) < 4.78 is 9.30. The van der Waals surface area contributed by atoms with Crippen molar-refractivity contribution < 1.29 is 4.42 Å². The largest absolute Gasteiger partial charge is 0.455 e. The van der Waals surface area contributed by atoms with Gasteiger partial charge < -0.3 is 9.32 Å². The Morgan fingerprint density at radius 2 is 1.02 bits per heavy atom. The molecule has 0 aliphatic heterocycles. The van der Waals surface area contributed by atoms with Crippen LogP contribution in [0.5, 0.6) is 0 Å². The highest BCUT2D eigenvalue weighted by Gasteiger charge is 2.21. The maximum atomic E-state index is 6.69. The lowest BCUT2D eigenvalue weighted by Crippen LogP contribution is -2.10. The zero-order chi connectivity index (χ0) is 36.3. The Morgan fingerprint density at radius 1 is 0.382 bits per heavy atom. The Kier molecular flexibility index (Phi) is 7.39. The summed E-state index contributed by atoms with van der Waals surface area (Å²) in [6.45, 7) is 0. The van der Waals surface area contributed by atoms with Crippen molar-refractivity contribution in [2.45, 2.75) is 0 Å². The van der Waals surface area contributed by atoms with Gasteiger partial charge in [-0.25, -0.2) is 0 Å². The van der Waals surface area contributed by atoms with Gasteiger partial charge in [0.15, 0.2) is 0 Å². The van der Waals surface area contributed by atoms with Crippen LogP contribution in [0.15, 0.2) is 205 Å². The van der Waals surface area contributed by atoms with Crippen LogP contribution in [-0.2, 0) is 0 Å². The van der Waals surface area contributed by atoms with Crippen molar-refractivity contribution >= 4 is 81.3 Å². The number of hydrogen-bond acceptors (Lipinski definition) is 3. The molecule has 55 heavy (non-hydrogen) atoms. The van der Waals surface area contributed by atoms with Gasteiger partial charge in [-0.3, -0.25) is 0 Å². The molecule has 2 nitrogen and oxygen atoms in total. The zero-order valence-corrected chi connectivity index (χ0v) is 30.6. The summed E-state index contributed by atoms with van der Waals surface area (Å²) in [4.78, 5) is 2.39. The molecule has 2 heterocycles. The van der Waals surface area contributed by atoms with E-state index in [-0.39, 0.29) is 0 Å². The highest BCUT2D eigenvalue weighted by Crippen LogP contribution is 2.46. The number of fused-ring (bicyclic) bond motifs is 8. The van der Waals surface area contributed by atoms with E-state index in [0.717, 1.165) is 44.4 Å². The number of rotatable bonds is 6. The fourth-order valence-electron chi connectivity index (χ4n) is 8.27. The third-order valence-electron chi connectivity index (χ3n) is 10.9. The smallest absolute Gasteiger partial charge is 0.143 e. The minimum Gasteiger partial charge on any atom is -0.455 e. The van der Waals surface area contributed by atoms with E-state index >= 15 is 0 Å². The molecule has 258 valence electrons. The van der Waals surface area contributed by atoms with Crippen LogP contribution in [0, 0.1) is 0 Å². The van der Waals surface area contributed by atoms with Crippen LogP contribution in [0.4, 0.5) is 17.1 Å². The van der Waals surface area contributed by atoms with Crippen LogP contribution in [0.25, 0.3) is 86.3 Å². The monoisotopic (exact) mass is 719 g/mol. The van der Waals surface area contributed by atoms with E-state index in [0.29, 0.717) is 0 Å². The summed E-state index contributed by atoms with van der Waals surface area (Å²) in [5.41, 5.74) is 12.2. The molecule has 0 radical (unpaired) electrons. The first-order valence-corrected chi connectivity index (χ1v) is 19.5. The predicted molar refractivity (Wildman–Crippen MR) is 235 cm³/mol. The first-order valence-electron chi connectivity index (χ1n) is 18.7. The molecule has 11 aromatic rings. The van der Waals surface area contributed by atoms with Crippen molar-refractivity contribution in [2.75, 3.05) is 4.90 Å². The topological polar surface area (TPSA) is 16.4 Å². The molecule has 0 bridgehead atoms.